The summed E-state index contributed by atoms with van der Waals surface area (Å²) in [5.41, 5.74) is 9.83. The van der Waals surface area contributed by atoms with Gasteiger partial charge in [0.15, 0.2) is 0 Å². The molecule has 0 radical (unpaired) electrons. The number of amides is 1. The SMILES string of the molecule is CN=C(C(N)=O)C1=C(C)C(C)CC(c2ccnnc2)=C1. The first kappa shape index (κ1) is 14.1. The summed E-state index contributed by atoms with van der Waals surface area (Å²) in [6.07, 6.45) is 6.27. The first-order valence-corrected chi connectivity index (χ1v) is 6.50. The molecule has 0 fully saturated rings. The molecule has 1 aromatic heterocycles. The topological polar surface area (TPSA) is 81.2 Å². The Morgan fingerprint density at radius 3 is 2.75 bits per heavy atom. The summed E-state index contributed by atoms with van der Waals surface area (Å²) in [7, 11) is 1.58. The van der Waals surface area contributed by atoms with E-state index < -0.39 is 5.91 Å². The number of primary amides is 1. The standard InChI is InChI=1S/C15H18N4O/c1-9-6-12(11-4-5-18-19-8-11)7-13(10(9)2)14(17-3)15(16)20/h4-5,7-9H,6H2,1-3H3,(H2,16,20). The van der Waals surface area contributed by atoms with Crippen molar-refractivity contribution in [1.29, 1.82) is 0 Å². The molecule has 5 heteroatoms. The zero-order valence-corrected chi connectivity index (χ0v) is 11.9. The van der Waals surface area contributed by atoms with E-state index in [2.05, 4.69) is 22.1 Å². The molecule has 0 aromatic carbocycles. The van der Waals surface area contributed by atoms with Gasteiger partial charge in [-0.1, -0.05) is 12.5 Å². The number of carbonyl (C=O) groups excluding carboxylic acids is 1. The van der Waals surface area contributed by atoms with Crippen molar-refractivity contribution in [2.45, 2.75) is 20.3 Å². The Morgan fingerprint density at radius 2 is 2.20 bits per heavy atom. The van der Waals surface area contributed by atoms with Crippen molar-refractivity contribution in [3.63, 3.8) is 0 Å². The molecule has 0 aliphatic heterocycles. The highest BCUT2D eigenvalue weighted by Crippen LogP contribution is 2.34. The lowest BCUT2D eigenvalue weighted by molar-refractivity contribution is -0.111. The fraction of sp³-hybridized carbons (Fsp3) is 0.333. The maximum Gasteiger partial charge on any atom is 0.267 e. The number of hydrogen-bond donors (Lipinski definition) is 1. The van der Waals surface area contributed by atoms with Crippen molar-refractivity contribution in [3.8, 4) is 0 Å². The van der Waals surface area contributed by atoms with Crippen LogP contribution in [0.15, 0.2) is 40.7 Å². The molecule has 1 atom stereocenters. The number of aromatic nitrogens is 2. The molecule has 0 spiro atoms. The van der Waals surface area contributed by atoms with Gasteiger partial charge in [-0.05, 0) is 42.5 Å². The Morgan fingerprint density at radius 1 is 1.45 bits per heavy atom. The van der Waals surface area contributed by atoms with Crippen LogP contribution in [0.2, 0.25) is 0 Å². The van der Waals surface area contributed by atoms with Gasteiger partial charge in [0.05, 0.1) is 12.4 Å². The van der Waals surface area contributed by atoms with Crippen molar-refractivity contribution in [1.82, 2.24) is 10.2 Å². The number of nitrogens with zero attached hydrogens (tertiary/aromatic N) is 3. The second-order valence-electron chi connectivity index (χ2n) is 4.94. The van der Waals surface area contributed by atoms with Crippen molar-refractivity contribution in [2.24, 2.45) is 16.6 Å². The summed E-state index contributed by atoms with van der Waals surface area (Å²) >= 11 is 0. The monoisotopic (exact) mass is 270 g/mol. The highest BCUT2D eigenvalue weighted by molar-refractivity contribution is 6.46. The largest absolute Gasteiger partial charge is 0.364 e. The Bertz CT molecular complexity index is 614. The molecule has 0 bridgehead atoms. The van der Waals surface area contributed by atoms with Crippen LogP contribution in [0.5, 0.6) is 0 Å². The van der Waals surface area contributed by atoms with Gasteiger partial charge in [0.25, 0.3) is 5.91 Å². The fourth-order valence-electron chi connectivity index (χ4n) is 2.40. The molecule has 2 rings (SSSR count). The lowest BCUT2D eigenvalue weighted by atomic mass is 9.81. The number of aliphatic imine (C=N–C) groups is 1. The van der Waals surface area contributed by atoms with Gasteiger partial charge < -0.3 is 5.73 Å². The summed E-state index contributed by atoms with van der Waals surface area (Å²) < 4.78 is 0. The molecule has 104 valence electrons. The number of carbonyl (C=O) groups is 1. The second-order valence-corrected chi connectivity index (χ2v) is 4.94. The predicted octanol–water partition coefficient (Wildman–Crippen LogP) is 1.77. The smallest absolute Gasteiger partial charge is 0.267 e. The molecule has 20 heavy (non-hydrogen) atoms. The molecule has 1 heterocycles. The minimum atomic E-state index is -0.501. The Balaban J connectivity index is 2.51. The lowest BCUT2D eigenvalue weighted by Crippen LogP contribution is -2.27. The number of hydrogen-bond acceptors (Lipinski definition) is 4. The highest BCUT2D eigenvalue weighted by atomic mass is 16.1. The van der Waals surface area contributed by atoms with E-state index >= 15 is 0 Å². The quantitative estimate of drug-likeness (QED) is 0.850. The minimum Gasteiger partial charge on any atom is -0.364 e. The third-order valence-corrected chi connectivity index (χ3v) is 3.68. The Hall–Kier alpha value is -2.30. The molecule has 1 amide bonds. The zero-order chi connectivity index (χ0) is 14.7. The molecule has 1 unspecified atom stereocenters. The van der Waals surface area contributed by atoms with E-state index in [1.54, 1.807) is 19.4 Å². The van der Waals surface area contributed by atoms with E-state index in [0.717, 1.165) is 28.7 Å². The van der Waals surface area contributed by atoms with E-state index in [1.165, 1.54) is 0 Å². The maximum absolute atomic E-state index is 11.5. The van der Waals surface area contributed by atoms with Crippen molar-refractivity contribution >= 4 is 17.2 Å². The lowest BCUT2D eigenvalue weighted by Gasteiger charge is -2.24. The highest BCUT2D eigenvalue weighted by Gasteiger charge is 2.23. The van der Waals surface area contributed by atoms with Gasteiger partial charge in [-0.2, -0.15) is 10.2 Å². The molecule has 2 N–H and O–H groups in total. The second kappa shape index (κ2) is 5.77. The fourth-order valence-corrected chi connectivity index (χ4v) is 2.40. The third-order valence-electron chi connectivity index (χ3n) is 3.68. The molecule has 5 nitrogen and oxygen atoms in total. The van der Waals surface area contributed by atoms with Gasteiger partial charge in [0.2, 0.25) is 0 Å². The van der Waals surface area contributed by atoms with Crippen LogP contribution in [-0.4, -0.2) is 28.9 Å². The molecular weight excluding hydrogens is 252 g/mol. The average Bonchev–Trinajstić information content (AvgIpc) is 2.44. The minimum absolute atomic E-state index is 0.327. The molecule has 1 aromatic rings. The Kier molecular flexibility index (Phi) is 4.08. The average molecular weight is 270 g/mol. The van der Waals surface area contributed by atoms with Crippen LogP contribution >= 0.6 is 0 Å². The van der Waals surface area contributed by atoms with Gasteiger partial charge in [0.1, 0.15) is 5.71 Å². The molecule has 0 saturated heterocycles. The molecule has 1 aliphatic carbocycles. The van der Waals surface area contributed by atoms with Crippen LogP contribution in [-0.2, 0) is 4.79 Å². The van der Waals surface area contributed by atoms with E-state index in [1.807, 2.05) is 19.1 Å². The first-order chi connectivity index (χ1) is 9.54. The zero-order valence-electron chi connectivity index (χ0n) is 11.9. The van der Waals surface area contributed by atoms with E-state index in [9.17, 15) is 4.79 Å². The molecule has 1 aliphatic rings. The van der Waals surface area contributed by atoms with Crippen LogP contribution in [0.25, 0.3) is 5.57 Å². The molecule has 0 saturated carbocycles. The Labute approximate surface area is 118 Å². The number of rotatable bonds is 3. The van der Waals surface area contributed by atoms with E-state index in [0.29, 0.717) is 11.6 Å². The van der Waals surface area contributed by atoms with Crippen LogP contribution < -0.4 is 5.73 Å². The van der Waals surface area contributed by atoms with E-state index in [4.69, 9.17) is 5.73 Å². The van der Waals surface area contributed by atoms with Gasteiger partial charge >= 0.3 is 0 Å². The van der Waals surface area contributed by atoms with Gasteiger partial charge in [-0.3, -0.25) is 9.79 Å². The van der Waals surface area contributed by atoms with Crippen LogP contribution in [0.3, 0.4) is 0 Å². The van der Waals surface area contributed by atoms with Gasteiger partial charge in [0, 0.05) is 12.6 Å². The first-order valence-electron chi connectivity index (χ1n) is 6.50. The predicted molar refractivity (Wildman–Crippen MR) is 79.0 cm³/mol. The van der Waals surface area contributed by atoms with Crippen molar-refractivity contribution in [3.05, 3.63) is 41.2 Å². The van der Waals surface area contributed by atoms with Gasteiger partial charge in [-0.25, -0.2) is 0 Å². The van der Waals surface area contributed by atoms with Crippen molar-refractivity contribution < 1.29 is 4.79 Å². The van der Waals surface area contributed by atoms with Crippen LogP contribution in [0, 0.1) is 5.92 Å². The summed E-state index contributed by atoms with van der Waals surface area (Å²) in [6, 6.07) is 1.91. The normalized spacial score (nSPS) is 19.9. The van der Waals surface area contributed by atoms with E-state index in [-0.39, 0.29) is 0 Å². The number of nitrogens with two attached hydrogens (primary N) is 1. The van der Waals surface area contributed by atoms with Crippen molar-refractivity contribution in [2.75, 3.05) is 7.05 Å². The van der Waals surface area contributed by atoms with Crippen LogP contribution in [0.1, 0.15) is 25.8 Å². The summed E-state index contributed by atoms with van der Waals surface area (Å²) in [6.45, 7) is 4.15. The number of allylic oxidation sites excluding steroid dienone is 3. The summed E-state index contributed by atoms with van der Waals surface area (Å²) in [5, 5.41) is 7.69. The van der Waals surface area contributed by atoms with Gasteiger partial charge in [-0.15, -0.1) is 0 Å². The summed E-state index contributed by atoms with van der Waals surface area (Å²) in [4.78, 5) is 15.6. The molecular formula is C15H18N4O. The maximum atomic E-state index is 11.5. The third kappa shape index (κ3) is 2.66. The summed E-state index contributed by atoms with van der Waals surface area (Å²) in [5.74, 6) is -0.173. The van der Waals surface area contributed by atoms with Crippen LogP contribution in [0.4, 0.5) is 0 Å².